The van der Waals surface area contributed by atoms with Crippen molar-refractivity contribution in [3.8, 4) is 11.1 Å². The van der Waals surface area contributed by atoms with Gasteiger partial charge in [0.1, 0.15) is 11.2 Å². The van der Waals surface area contributed by atoms with Crippen LogP contribution in [0.25, 0.3) is 27.8 Å². The maximum atomic E-state index is 15.0. The van der Waals surface area contributed by atoms with Gasteiger partial charge in [-0.2, -0.15) is 0 Å². The molecule has 0 saturated carbocycles. The molecule has 142 valence electrons. The van der Waals surface area contributed by atoms with Crippen LogP contribution in [-0.4, -0.2) is 32.4 Å². The van der Waals surface area contributed by atoms with E-state index >= 15 is 0 Å². The molecule has 0 unspecified atom stereocenters. The molecule has 1 aromatic carbocycles. The summed E-state index contributed by atoms with van der Waals surface area (Å²) in [6, 6.07) is 5.52. The Morgan fingerprint density at radius 2 is 1.86 bits per heavy atom. The zero-order valence-corrected chi connectivity index (χ0v) is 16.0. The van der Waals surface area contributed by atoms with Crippen molar-refractivity contribution < 1.29 is 4.39 Å². The summed E-state index contributed by atoms with van der Waals surface area (Å²) in [6.07, 6.45) is 7.82. The van der Waals surface area contributed by atoms with Crippen molar-refractivity contribution in [2.24, 2.45) is 0 Å². The first-order chi connectivity index (χ1) is 13.6. The van der Waals surface area contributed by atoms with Crippen LogP contribution in [-0.2, 0) is 0 Å². The van der Waals surface area contributed by atoms with Gasteiger partial charge in [-0.3, -0.25) is 4.98 Å². The van der Waals surface area contributed by atoms with Crippen LogP contribution in [0, 0.1) is 19.7 Å². The van der Waals surface area contributed by atoms with E-state index < -0.39 is 0 Å². The van der Waals surface area contributed by atoms with Crippen LogP contribution in [0.1, 0.15) is 35.7 Å². The molecule has 1 N–H and O–H groups in total. The molecule has 1 aliphatic heterocycles. The number of halogens is 1. The summed E-state index contributed by atoms with van der Waals surface area (Å²) in [6.45, 7) is 5.94. The fraction of sp³-hybridized carbons (Fsp3) is 0.318. The lowest BCUT2D eigenvalue weighted by Gasteiger charge is -2.22. The maximum absolute atomic E-state index is 15.0. The van der Waals surface area contributed by atoms with Crippen LogP contribution in [0.2, 0.25) is 0 Å². The van der Waals surface area contributed by atoms with Crippen molar-refractivity contribution >= 4 is 16.7 Å². The molecule has 6 heteroatoms. The van der Waals surface area contributed by atoms with Gasteiger partial charge in [0, 0.05) is 24.5 Å². The molecular formula is C22H22FN5. The molecule has 0 aliphatic carbocycles. The molecule has 1 fully saturated rings. The summed E-state index contributed by atoms with van der Waals surface area (Å²) in [7, 11) is 0. The lowest BCUT2D eigenvalue weighted by Crippen LogP contribution is -2.27. The Bertz CT molecular complexity index is 1190. The highest BCUT2D eigenvalue weighted by Gasteiger charge is 2.18. The summed E-state index contributed by atoms with van der Waals surface area (Å²) in [5.41, 5.74) is 6.52. The number of hydrogen-bond acceptors (Lipinski definition) is 4. The van der Waals surface area contributed by atoms with Gasteiger partial charge in [0.05, 0.1) is 16.9 Å². The maximum Gasteiger partial charge on any atom is 0.151 e. The molecule has 3 aromatic heterocycles. The number of fused-ring (bicyclic) bond motifs is 2. The number of pyridine rings is 1. The molecule has 5 rings (SSSR count). The molecule has 28 heavy (non-hydrogen) atoms. The lowest BCUT2D eigenvalue weighted by molar-refractivity contribution is 0.453. The smallest absolute Gasteiger partial charge is 0.151 e. The van der Waals surface area contributed by atoms with E-state index in [0.29, 0.717) is 17.0 Å². The minimum Gasteiger partial charge on any atom is -0.317 e. The molecule has 1 saturated heterocycles. The zero-order chi connectivity index (χ0) is 19.3. The number of hydrogen-bond donors (Lipinski definition) is 1. The van der Waals surface area contributed by atoms with Crippen molar-refractivity contribution in [3.63, 3.8) is 0 Å². The number of nitrogens with one attached hydrogen (secondary N) is 1. The summed E-state index contributed by atoms with van der Waals surface area (Å²) in [5, 5.41) is 3.35. The first-order valence-electron chi connectivity index (χ1n) is 9.72. The molecule has 4 aromatic rings. The van der Waals surface area contributed by atoms with Gasteiger partial charge in [-0.05, 0) is 74.7 Å². The third-order valence-corrected chi connectivity index (χ3v) is 5.57. The number of rotatable bonds is 2. The highest BCUT2D eigenvalue weighted by molar-refractivity contribution is 5.82. The van der Waals surface area contributed by atoms with Gasteiger partial charge < -0.3 is 9.72 Å². The number of benzene rings is 1. The Morgan fingerprint density at radius 1 is 1.04 bits per heavy atom. The summed E-state index contributed by atoms with van der Waals surface area (Å²) >= 11 is 0. The largest absolute Gasteiger partial charge is 0.317 e. The molecule has 0 amide bonds. The predicted octanol–water partition coefficient (Wildman–Crippen LogP) is 4.17. The van der Waals surface area contributed by atoms with Crippen LogP contribution < -0.4 is 5.32 Å². The van der Waals surface area contributed by atoms with Gasteiger partial charge >= 0.3 is 0 Å². The predicted molar refractivity (Wildman–Crippen MR) is 108 cm³/mol. The number of aromatic nitrogens is 4. The number of piperidine rings is 1. The third kappa shape index (κ3) is 2.94. The van der Waals surface area contributed by atoms with Crippen LogP contribution in [0.15, 0.2) is 36.8 Å². The van der Waals surface area contributed by atoms with Crippen LogP contribution in [0.3, 0.4) is 0 Å². The van der Waals surface area contributed by atoms with Crippen LogP contribution in [0.5, 0.6) is 0 Å². The molecule has 5 nitrogen and oxygen atoms in total. The number of aryl methyl sites for hydroxylation is 2. The Kier molecular flexibility index (Phi) is 4.09. The van der Waals surface area contributed by atoms with Gasteiger partial charge in [-0.25, -0.2) is 14.4 Å². The van der Waals surface area contributed by atoms with Crippen molar-refractivity contribution in [2.75, 3.05) is 13.1 Å². The summed E-state index contributed by atoms with van der Waals surface area (Å²) in [4.78, 5) is 13.7. The van der Waals surface area contributed by atoms with E-state index in [2.05, 4.69) is 20.3 Å². The quantitative estimate of drug-likeness (QED) is 0.571. The third-order valence-electron chi connectivity index (χ3n) is 5.57. The number of imidazole rings is 1. The molecule has 0 atom stereocenters. The summed E-state index contributed by atoms with van der Waals surface area (Å²) in [5.74, 6) is 0.0297. The van der Waals surface area contributed by atoms with E-state index in [-0.39, 0.29) is 5.82 Å². The highest BCUT2D eigenvalue weighted by atomic mass is 19.1. The van der Waals surface area contributed by atoms with Crippen molar-refractivity contribution in [2.45, 2.75) is 32.6 Å². The Balaban J connectivity index is 1.59. The molecular weight excluding hydrogens is 353 g/mol. The highest BCUT2D eigenvalue weighted by Crippen LogP contribution is 2.29. The Labute approximate surface area is 162 Å². The topological polar surface area (TPSA) is 55.1 Å². The van der Waals surface area contributed by atoms with Gasteiger partial charge in [-0.15, -0.1) is 0 Å². The van der Waals surface area contributed by atoms with E-state index in [1.54, 1.807) is 6.07 Å². The van der Waals surface area contributed by atoms with Gasteiger partial charge in [0.15, 0.2) is 5.82 Å². The standard InChI is InChI=1S/C22H22FN5/c1-13-7-17(12-28-11-14(2)26-22(13)28)16-8-18(23)21-19(9-16)25-10-20(27-21)15-3-5-24-6-4-15/h7-12,15,24H,3-6H2,1-2H3. The minimum absolute atomic E-state index is 0.324. The fourth-order valence-corrected chi connectivity index (χ4v) is 4.12. The van der Waals surface area contributed by atoms with E-state index in [9.17, 15) is 4.39 Å². The van der Waals surface area contributed by atoms with Crippen molar-refractivity contribution in [1.82, 2.24) is 24.7 Å². The Morgan fingerprint density at radius 3 is 2.68 bits per heavy atom. The van der Waals surface area contributed by atoms with Gasteiger partial charge in [0.25, 0.3) is 0 Å². The molecule has 0 bridgehead atoms. The summed E-state index contributed by atoms with van der Waals surface area (Å²) < 4.78 is 17.0. The first kappa shape index (κ1) is 17.3. The normalized spacial score (nSPS) is 15.5. The average Bonchev–Trinajstić information content (AvgIpc) is 3.09. The molecule has 1 aliphatic rings. The van der Waals surface area contributed by atoms with E-state index in [1.165, 1.54) is 0 Å². The number of nitrogens with zero attached hydrogens (tertiary/aromatic N) is 4. The van der Waals surface area contributed by atoms with Crippen molar-refractivity contribution in [3.05, 3.63) is 59.6 Å². The fourth-order valence-electron chi connectivity index (χ4n) is 4.12. The van der Waals surface area contributed by atoms with Gasteiger partial charge in [-0.1, -0.05) is 0 Å². The molecule has 4 heterocycles. The average molecular weight is 375 g/mol. The minimum atomic E-state index is -0.324. The molecule has 0 spiro atoms. The van der Waals surface area contributed by atoms with Crippen LogP contribution >= 0.6 is 0 Å². The van der Waals surface area contributed by atoms with Crippen molar-refractivity contribution in [1.29, 1.82) is 0 Å². The SMILES string of the molecule is Cc1cn2cc(-c3cc(F)c4nc(C5CCNCC5)cnc4c3)cc(C)c2n1. The van der Waals surface area contributed by atoms with E-state index in [4.69, 9.17) is 0 Å². The Hall–Kier alpha value is -2.86. The first-order valence-corrected chi connectivity index (χ1v) is 9.72. The van der Waals surface area contributed by atoms with E-state index in [1.807, 2.05) is 49.0 Å². The van der Waals surface area contributed by atoms with Gasteiger partial charge in [0.2, 0.25) is 0 Å². The second-order valence-corrected chi connectivity index (χ2v) is 7.67. The zero-order valence-electron chi connectivity index (χ0n) is 16.0. The van der Waals surface area contributed by atoms with E-state index in [0.717, 1.165) is 59.7 Å². The second kappa shape index (κ2) is 6.63. The monoisotopic (exact) mass is 375 g/mol. The molecule has 0 radical (unpaired) electrons. The second-order valence-electron chi connectivity index (χ2n) is 7.67. The lowest BCUT2D eigenvalue weighted by atomic mass is 9.95. The van der Waals surface area contributed by atoms with Crippen LogP contribution in [0.4, 0.5) is 4.39 Å².